The Morgan fingerprint density at radius 1 is 1.04 bits per heavy atom. The van der Waals surface area contributed by atoms with Crippen LogP contribution in [0.4, 0.5) is 5.69 Å². The number of hydrogen-bond acceptors (Lipinski definition) is 6. The van der Waals surface area contributed by atoms with Gasteiger partial charge in [-0.25, -0.2) is 9.78 Å². The van der Waals surface area contributed by atoms with Gasteiger partial charge < -0.3 is 10.6 Å². The number of benzene rings is 2. The van der Waals surface area contributed by atoms with Crippen LogP contribution in [0.25, 0.3) is 21.8 Å². The maximum atomic E-state index is 12.0. The van der Waals surface area contributed by atoms with E-state index in [1.54, 1.807) is 0 Å². The second-order valence-electron chi connectivity index (χ2n) is 6.44. The fraction of sp³-hybridized carbons (Fsp3) is 0.200. The Morgan fingerprint density at radius 3 is 2.52 bits per heavy atom. The summed E-state index contributed by atoms with van der Waals surface area (Å²) in [5.41, 5.74) is 9.46. The van der Waals surface area contributed by atoms with Crippen molar-refractivity contribution in [2.24, 2.45) is 0 Å². The van der Waals surface area contributed by atoms with Gasteiger partial charge in [-0.1, -0.05) is 24.3 Å². The van der Waals surface area contributed by atoms with Gasteiger partial charge in [-0.15, -0.1) is 5.06 Å². The van der Waals surface area contributed by atoms with Crippen molar-refractivity contribution in [3.8, 4) is 0 Å². The topological polar surface area (TPSA) is 103 Å². The fourth-order valence-electron chi connectivity index (χ4n) is 3.18. The zero-order valence-electron chi connectivity index (χ0n) is 14.5. The number of aryl methyl sites for hydroxylation is 1. The number of fused-ring (bicyclic) bond motifs is 2. The van der Waals surface area contributed by atoms with Gasteiger partial charge in [0.05, 0.1) is 23.1 Å². The number of anilines is 1. The highest BCUT2D eigenvalue weighted by Gasteiger charge is 2.32. The number of amides is 2. The SMILES string of the molecule is Nc1c2ccccc2nc2ccc(CCC(=O)ON3C(=O)CCC3=O)cc12. The van der Waals surface area contributed by atoms with E-state index in [9.17, 15) is 14.4 Å². The largest absolute Gasteiger partial charge is 0.398 e. The molecule has 0 radical (unpaired) electrons. The van der Waals surface area contributed by atoms with Crippen molar-refractivity contribution >= 4 is 45.3 Å². The third kappa shape index (κ3) is 3.19. The molecule has 1 aromatic heterocycles. The summed E-state index contributed by atoms with van der Waals surface area (Å²) in [4.78, 5) is 44.4. The van der Waals surface area contributed by atoms with Crippen LogP contribution in [0.3, 0.4) is 0 Å². The molecule has 2 amide bonds. The number of hydroxylamine groups is 2. The number of nitrogens with two attached hydrogens (primary N) is 1. The number of carbonyl (C=O) groups excluding carboxylic acids is 3. The maximum Gasteiger partial charge on any atom is 0.333 e. The summed E-state index contributed by atoms with van der Waals surface area (Å²) >= 11 is 0. The fourth-order valence-corrected chi connectivity index (χ4v) is 3.18. The van der Waals surface area contributed by atoms with Crippen molar-refractivity contribution in [2.75, 3.05) is 5.73 Å². The van der Waals surface area contributed by atoms with Gasteiger partial charge in [0.1, 0.15) is 0 Å². The van der Waals surface area contributed by atoms with E-state index < -0.39 is 17.8 Å². The Bertz CT molecular complexity index is 1080. The van der Waals surface area contributed by atoms with Crippen LogP contribution in [0.15, 0.2) is 42.5 Å². The zero-order valence-corrected chi connectivity index (χ0v) is 14.5. The highest BCUT2D eigenvalue weighted by molar-refractivity contribution is 6.06. The van der Waals surface area contributed by atoms with Gasteiger partial charge in [0.15, 0.2) is 0 Å². The molecule has 1 aliphatic heterocycles. The Hall–Kier alpha value is -3.48. The van der Waals surface area contributed by atoms with Crippen molar-refractivity contribution in [3.05, 3.63) is 48.0 Å². The first-order valence-electron chi connectivity index (χ1n) is 8.66. The van der Waals surface area contributed by atoms with E-state index >= 15 is 0 Å². The number of nitrogens with zero attached hydrogens (tertiary/aromatic N) is 2. The van der Waals surface area contributed by atoms with Gasteiger partial charge in [0.25, 0.3) is 11.8 Å². The standard InChI is InChI=1S/C20H17N3O4/c21-20-13-3-1-2-4-15(13)22-16-7-5-12(11-14(16)20)6-10-19(26)27-23-17(24)8-9-18(23)25/h1-5,7,11H,6,8-10H2,(H2,21,22). The molecule has 7 nitrogen and oxygen atoms in total. The lowest BCUT2D eigenvalue weighted by Gasteiger charge is -2.12. The van der Waals surface area contributed by atoms with E-state index in [0.717, 1.165) is 27.4 Å². The molecule has 2 heterocycles. The van der Waals surface area contributed by atoms with Gasteiger partial charge in [0, 0.05) is 23.6 Å². The van der Waals surface area contributed by atoms with Crippen LogP contribution in [0.5, 0.6) is 0 Å². The molecule has 0 saturated carbocycles. The highest BCUT2D eigenvalue weighted by Crippen LogP contribution is 2.29. The molecule has 2 N–H and O–H groups in total. The molecule has 4 rings (SSSR count). The summed E-state index contributed by atoms with van der Waals surface area (Å²) in [5, 5.41) is 2.27. The molecule has 1 saturated heterocycles. The number of nitrogen functional groups attached to an aromatic ring is 1. The minimum Gasteiger partial charge on any atom is -0.398 e. The lowest BCUT2D eigenvalue weighted by atomic mass is 10.0. The number of pyridine rings is 1. The summed E-state index contributed by atoms with van der Waals surface area (Å²) in [5.74, 6) is -1.59. The quantitative estimate of drug-likeness (QED) is 0.564. The zero-order chi connectivity index (χ0) is 19.0. The Labute approximate surface area is 154 Å². The molecular weight excluding hydrogens is 346 g/mol. The van der Waals surface area contributed by atoms with Crippen LogP contribution in [0, 0.1) is 0 Å². The van der Waals surface area contributed by atoms with Crippen molar-refractivity contribution in [3.63, 3.8) is 0 Å². The third-order valence-electron chi connectivity index (χ3n) is 4.60. The normalized spacial score (nSPS) is 14.3. The molecule has 0 aliphatic carbocycles. The van der Waals surface area contributed by atoms with Crippen molar-refractivity contribution in [1.29, 1.82) is 0 Å². The van der Waals surface area contributed by atoms with Gasteiger partial charge in [-0.05, 0) is 30.2 Å². The second-order valence-corrected chi connectivity index (χ2v) is 6.44. The van der Waals surface area contributed by atoms with Gasteiger partial charge in [0.2, 0.25) is 0 Å². The Balaban J connectivity index is 1.51. The molecule has 0 spiro atoms. The minimum atomic E-state index is -0.622. The summed E-state index contributed by atoms with van der Waals surface area (Å²) < 4.78 is 0. The number of imide groups is 1. The van der Waals surface area contributed by atoms with Gasteiger partial charge in [-0.2, -0.15) is 0 Å². The summed E-state index contributed by atoms with van der Waals surface area (Å²) in [6.07, 6.45) is 0.606. The Kier molecular flexibility index (Phi) is 4.19. The first kappa shape index (κ1) is 17.0. The van der Waals surface area contributed by atoms with Crippen molar-refractivity contribution in [2.45, 2.75) is 25.7 Å². The number of rotatable bonds is 4. The van der Waals surface area contributed by atoms with E-state index in [1.807, 2.05) is 42.5 Å². The monoisotopic (exact) mass is 363 g/mol. The number of para-hydroxylation sites is 1. The molecule has 136 valence electrons. The second kappa shape index (κ2) is 6.68. The first-order valence-corrected chi connectivity index (χ1v) is 8.66. The predicted octanol–water partition coefficient (Wildman–Crippen LogP) is 2.51. The molecule has 0 unspecified atom stereocenters. The molecule has 1 aliphatic rings. The molecule has 7 heteroatoms. The van der Waals surface area contributed by atoms with Crippen LogP contribution < -0.4 is 5.73 Å². The molecule has 0 bridgehead atoms. The minimum absolute atomic E-state index is 0.0451. The smallest absolute Gasteiger partial charge is 0.333 e. The third-order valence-corrected chi connectivity index (χ3v) is 4.60. The lowest BCUT2D eigenvalue weighted by molar-refractivity contribution is -0.197. The van der Waals surface area contributed by atoms with E-state index in [1.165, 1.54) is 0 Å². The van der Waals surface area contributed by atoms with Crippen molar-refractivity contribution in [1.82, 2.24) is 10.0 Å². The first-order chi connectivity index (χ1) is 13.0. The van der Waals surface area contributed by atoms with Crippen molar-refractivity contribution < 1.29 is 19.2 Å². The molecule has 1 fully saturated rings. The average molecular weight is 363 g/mol. The van der Waals surface area contributed by atoms with Gasteiger partial charge >= 0.3 is 5.97 Å². The highest BCUT2D eigenvalue weighted by atomic mass is 16.7. The predicted molar refractivity (Wildman–Crippen MR) is 99.2 cm³/mol. The summed E-state index contributed by atoms with van der Waals surface area (Å²) in [6.45, 7) is 0. The van der Waals surface area contributed by atoms with Crippen LogP contribution >= 0.6 is 0 Å². The summed E-state index contributed by atoms with van der Waals surface area (Å²) in [6, 6.07) is 13.3. The van der Waals surface area contributed by atoms with E-state index in [2.05, 4.69) is 4.98 Å². The lowest BCUT2D eigenvalue weighted by Crippen LogP contribution is -2.32. The van der Waals surface area contributed by atoms with E-state index in [0.29, 0.717) is 17.2 Å². The molecular formula is C20H17N3O4. The molecule has 2 aromatic carbocycles. The maximum absolute atomic E-state index is 12.0. The van der Waals surface area contributed by atoms with Gasteiger partial charge in [-0.3, -0.25) is 9.59 Å². The van der Waals surface area contributed by atoms with Crippen LogP contribution in [-0.2, 0) is 25.6 Å². The van der Waals surface area contributed by atoms with Crippen LogP contribution in [0.1, 0.15) is 24.8 Å². The number of aromatic nitrogens is 1. The average Bonchev–Trinajstić information content (AvgIpc) is 2.99. The molecule has 27 heavy (non-hydrogen) atoms. The Morgan fingerprint density at radius 2 is 1.74 bits per heavy atom. The van der Waals surface area contributed by atoms with Crippen LogP contribution in [0.2, 0.25) is 0 Å². The molecule has 0 atom stereocenters. The summed E-state index contributed by atoms with van der Waals surface area (Å²) in [7, 11) is 0. The molecule has 3 aromatic rings. The van der Waals surface area contributed by atoms with E-state index in [-0.39, 0.29) is 19.3 Å². The number of carbonyl (C=O) groups is 3. The van der Waals surface area contributed by atoms with E-state index in [4.69, 9.17) is 10.6 Å². The number of hydrogen-bond donors (Lipinski definition) is 1. The van der Waals surface area contributed by atoms with Crippen LogP contribution in [-0.4, -0.2) is 27.8 Å².